The lowest BCUT2D eigenvalue weighted by Gasteiger charge is -2.08. The Bertz CT molecular complexity index is 1220. The van der Waals surface area contributed by atoms with E-state index in [1.165, 1.54) is 24.3 Å². The maximum Gasteiger partial charge on any atom is 0.262 e. The van der Waals surface area contributed by atoms with Crippen LogP contribution in [-0.4, -0.2) is 18.7 Å². The molecule has 0 unspecified atom stereocenters. The van der Waals surface area contributed by atoms with E-state index in [0.717, 1.165) is 22.6 Å². The quantitative estimate of drug-likeness (QED) is 0.308. The van der Waals surface area contributed by atoms with Crippen molar-refractivity contribution in [3.8, 4) is 11.5 Å². The summed E-state index contributed by atoms with van der Waals surface area (Å²) in [4.78, 5) is 16.5. The molecule has 0 spiro atoms. The second-order valence-electron chi connectivity index (χ2n) is 7.44. The predicted octanol–water partition coefficient (Wildman–Crippen LogP) is 6.17. The molecule has 34 heavy (non-hydrogen) atoms. The van der Waals surface area contributed by atoms with Gasteiger partial charge in [-0.05, 0) is 83.9 Å². The first-order valence-electron chi connectivity index (χ1n) is 10.7. The fourth-order valence-electron chi connectivity index (χ4n) is 3.05. The van der Waals surface area contributed by atoms with Crippen LogP contribution in [0, 0.1) is 5.82 Å². The van der Waals surface area contributed by atoms with Gasteiger partial charge in [0.05, 0.1) is 5.69 Å². The number of amides is 1. The van der Waals surface area contributed by atoms with E-state index in [4.69, 9.17) is 9.47 Å². The molecule has 0 heterocycles. The molecule has 0 saturated carbocycles. The smallest absolute Gasteiger partial charge is 0.262 e. The normalized spacial score (nSPS) is 10.7. The summed E-state index contributed by atoms with van der Waals surface area (Å²) in [5.41, 5.74) is 3.33. The van der Waals surface area contributed by atoms with Gasteiger partial charge in [0.25, 0.3) is 5.91 Å². The summed E-state index contributed by atoms with van der Waals surface area (Å²) in [7, 11) is 0. The van der Waals surface area contributed by atoms with Gasteiger partial charge in [-0.3, -0.25) is 9.79 Å². The third-order valence-electron chi connectivity index (χ3n) is 4.83. The lowest BCUT2D eigenvalue weighted by molar-refractivity contribution is -0.118. The number of aliphatic imine (C=N–C) groups is 1. The SMILES string of the molecule is O=C(COc1ccc(C=Nc2ccc(OCc3ccccc3)cc2)cc1)Nc1ccc(F)cc1. The molecule has 4 aromatic carbocycles. The van der Waals surface area contributed by atoms with Crippen molar-refractivity contribution in [1.29, 1.82) is 0 Å². The number of carbonyl (C=O) groups excluding carboxylic acids is 1. The highest BCUT2D eigenvalue weighted by Crippen LogP contribution is 2.20. The molecule has 0 aliphatic carbocycles. The summed E-state index contributed by atoms with van der Waals surface area (Å²) in [6.45, 7) is 0.370. The van der Waals surface area contributed by atoms with E-state index in [0.29, 0.717) is 18.0 Å². The highest BCUT2D eigenvalue weighted by molar-refractivity contribution is 5.91. The van der Waals surface area contributed by atoms with Crippen LogP contribution in [0.2, 0.25) is 0 Å². The van der Waals surface area contributed by atoms with Crippen LogP contribution >= 0.6 is 0 Å². The van der Waals surface area contributed by atoms with Crippen molar-refractivity contribution in [2.24, 2.45) is 4.99 Å². The third kappa shape index (κ3) is 7.03. The van der Waals surface area contributed by atoms with E-state index >= 15 is 0 Å². The summed E-state index contributed by atoms with van der Waals surface area (Å²) in [5, 5.41) is 2.65. The molecule has 1 amide bonds. The Labute approximate surface area is 197 Å². The Kier molecular flexibility index (Phi) is 7.64. The van der Waals surface area contributed by atoms with Crippen LogP contribution < -0.4 is 14.8 Å². The molecule has 1 N–H and O–H groups in total. The molecule has 4 rings (SSSR count). The van der Waals surface area contributed by atoms with Crippen molar-refractivity contribution in [1.82, 2.24) is 0 Å². The zero-order valence-corrected chi connectivity index (χ0v) is 18.4. The van der Waals surface area contributed by atoms with Crippen LogP contribution in [0.4, 0.5) is 15.8 Å². The van der Waals surface area contributed by atoms with Crippen LogP contribution in [0.15, 0.2) is 108 Å². The van der Waals surface area contributed by atoms with Gasteiger partial charge in [-0.15, -0.1) is 0 Å². The number of nitrogens with zero attached hydrogens (tertiary/aromatic N) is 1. The lowest BCUT2D eigenvalue weighted by Crippen LogP contribution is -2.20. The number of rotatable bonds is 9. The third-order valence-corrected chi connectivity index (χ3v) is 4.83. The average molecular weight is 455 g/mol. The number of carbonyl (C=O) groups is 1. The van der Waals surface area contributed by atoms with E-state index < -0.39 is 0 Å². The van der Waals surface area contributed by atoms with Gasteiger partial charge in [-0.25, -0.2) is 4.39 Å². The van der Waals surface area contributed by atoms with Crippen LogP contribution in [0.3, 0.4) is 0 Å². The molecule has 170 valence electrons. The predicted molar refractivity (Wildman–Crippen MR) is 131 cm³/mol. The molecule has 0 saturated heterocycles. The summed E-state index contributed by atoms with van der Waals surface area (Å²) in [5.74, 6) is 0.662. The number of anilines is 1. The van der Waals surface area contributed by atoms with E-state index in [2.05, 4.69) is 10.3 Å². The minimum absolute atomic E-state index is 0.149. The Morgan fingerprint density at radius 3 is 2.15 bits per heavy atom. The fourth-order valence-corrected chi connectivity index (χ4v) is 3.05. The Morgan fingerprint density at radius 2 is 1.44 bits per heavy atom. The lowest BCUT2D eigenvalue weighted by atomic mass is 10.2. The molecule has 0 atom stereocenters. The maximum atomic E-state index is 12.9. The van der Waals surface area contributed by atoms with Crippen molar-refractivity contribution in [2.45, 2.75) is 6.61 Å². The maximum absolute atomic E-state index is 12.9. The van der Waals surface area contributed by atoms with Gasteiger partial charge in [0, 0.05) is 11.9 Å². The van der Waals surface area contributed by atoms with E-state index in [1.54, 1.807) is 18.3 Å². The molecule has 0 fully saturated rings. The number of benzene rings is 4. The zero-order chi connectivity index (χ0) is 23.6. The van der Waals surface area contributed by atoms with E-state index in [1.807, 2.05) is 66.7 Å². The van der Waals surface area contributed by atoms with Crippen LogP contribution in [-0.2, 0) is 11.4 Å². The van der Waals surface area contributed by atoms with Crippen molar-refractivity contribution < 1.29 is 18.7 Å². The summed E-state index contributed by atoms with van der Waals surface area (Å²) < 4.78 is 24.2. The monoisotopic (exact) mass is 454 g/mol. The molecular weight excluding hydrogens is 431 g/mol. The minimum atomic E-state index is -0.359. The Morgan fingerprint density at radius 1 is 0.794 bits per heavy atom. The van der Waals surface area contributed by atoms with Gasteiger partial charge >= 0.3 is 0 Å². The first-order valence-corrected chi connectivity index (χ1v) is 10.7. The van der Waals surface area contributed by atoms with Crippen molar-refractivity contribution in [2.75, 3.05) is 11.9 Å². The number of ether oxygens (including phenoxy) is 2. The largest absolute Gasteiger partial charge is 0.489 e. The molecule has 0 bridgehead atoms. The molecule has 0 aliphatic rings. The molecule has 6 heteroatoms. The molecule has 4 aromatic rings. The number of hydrogen-bond acceptors (Lipinski definition) is 4. The molecule has 0 aromatic heterocycles. The van der Waals surface area contributed by atoms with Gasteiger partial charge < -0.3 is 14.8 Å². The Hall–Kier alpha value is -4.45. The summed E-state index contributed by atoms with van der Waals surface area (Å²) in [6.07, 6.45) is 1.75. The standard InChI is InChI=1S/C28H23FN2O3/c29-23-8-10-25(11-9-23)31-28(32)20-34-26-14-6-21(7-15-26)18-30-24-12-16-27(17-13-24)33-19-22-4-2-1-3-5-22/h1-18H,19-20H2,(H,31,32). The topological polar surface area (TPSA) is 59.9 Å². The molecule has 0 aliphatic heterocycles. The van der Waals surface area contributed by atoms with Gasteiger partial charge in [0.15, 0.2) is 6.61 Å². The zero-order valence-electron chi connectivity index (χ0n) is 18.4. The highest BCUT2D eigenvalue weighted by atomic mass is 19.1. The van der Waals surface area contributed by atoms with Gasteiger partial charge in [0.1, 0.15) is 23.9 Å². The number of hydrogen-bond donors (Lipinski definition) is 1. The van der Waals surface area contributed by atoms with Gasteiger partial charge in [-0.2, -0.15) is 0 Å². The molecule has 5 nitrogen and oxygen atoms in total. The van der Waals surface area contributed by atoms with Crippen molar-refractivity contribution >= 4 is 23.5 Å². The van der Waals surface area contributed by atoms with Crippen LogP contribution in [0.5, 0.6) is 11.5 Å². The van der Waals surface area contributed by atoms with Gasteiger partial charge in [-0.1, -0.05) is 30.3 Å². The summed E-state index contributed by atoms with van der Waals surface area (Å²) >= 11 is 0. The highest BCUT2D eigenvalue weighted by Gasteiger charge is 2.04. The van der Waals surface area contributed by atoms with E-state index in [-0.39, 0.29) is 18.3 Å². The minimum Gasteiger partial charge on any atom is -0.489 e. The van der Waals surface area contributed by atoms with Crippen LogP contribution in [0.1, 0.15) is 11.1 Å². The second kappa shape index (κ2) is 11.4. The average Bonchev–Trinajstić information content (AvgIpc) is 2.88. The number of nitrogens with one attached hydrogen (secondary N) is 1. The van der Waals surface area contributed by atoms with Crippen LogP contribution in [0.25, 0.3) is 0 Å². The first-order chi connectivity index (χ1) is 16.6. The fraction of sp³-hybridized carbons (Fsp3) is 0.0714. The number of halogens is 1. The molecular formula is C28H23FN2O3. The van der Waals surface area contributed by atoms with Gasteiger partial charge in [0.2, 0.25) is 0 Å². The molecule has 0 radical (unpaired) electrons. The summed E-state index contributed by atoms with van der Waals surface area (Å²) in [6, 6.07) is 30.4. The van der Waals surface area contributed by atoms with Crippen molar-refractivity contribution in [3.05, 3.63) is 120 Å². The van der Waals surface area contributed by atoms with Crippen molar-refractivity contribution in [3.63, 3.8) is 0 Å². The Balaban J connectivity index is 1.23. The second-order valence-corrected chi connectivity index (χ2v) is 7.44. The first kappa shape index (κ1) is 22.7. The van der Waals surface area contributed by atoms with E-state index in [9.17, 15) is 9.18 Å².